The van der Waals surface area contributed by atoms with Crippen LogP contribution >= 0.6 is 0 Å². The first-order valence-corrected chi connectivity index (χ1v) is 5.85. The Morgan fingerprint density at radius 2 is 1.73 bits per heavy atom. The van der Waals surface area contributed by atoms with Gasteiger partial charge in [0.25, 0.3) is 0 Å². The number of likely N-dealkylation sites (N-methyl/N-ethyl adjacent to an activating group) is 2. The molecule has 2 rings (SSSR count). The number of rotatable bonds is 2. The Labute approximate surface area is 92.8 Å². The normalized spacial score (nSPS) is 35.2. The summed E-state index contributed by atoms with van der Waals surface area (Å²) in [6.45, 7) is 6.56. The van der Waals surface area contributed by atoms with Crippen LogP contribution in [0.2, 0.25) is 0 Å². The lowest BCUT2D eigenvalue weighted by atomic mass is 10.1. The molecule has 0 aliphatic carbocycles. The maximum atomic E-state index is 5.61. The van der Waals surface area contributed by atoms with Gasteiger partial charge in [-0.05, 0) is 21.1 Å². The van der Waals surface area contributed by atoms with Crippen molar-refractivity contribution in [2.45, 2.75) is 12.1 Å². The van der Waals surface area contributed by atoms with Crippen molar-refractivity contribution in [2.24, 2.45) is 0 Å². The zero-order chi connectivity index (χ0) is 10.8. The minimum Gasteiger partial charge on any atom is -0.378 e. The summed E-state index contributed by atoms with van der Waals surface area (Å²) >= 11 is 0. The van der Waals surface area contributed by atoms with Crippen LogP contribution in [0.25, 0.3) is 0 Å². The Balaban J connectivity index is 1.92. The minimum absolute atomic E-state index is 0.577. The molecule has 1 unspecified atom stereocenters. The van der Waals surface area contributed by atoms with Gasteiger partial charge >= 0.3 is 0 Å². The molecule has 88 valence electrons. The van der Waals surface area contributed by atoms with Crippen molar-refractivity contribution in [1.82, 2.24) is 14.7 Å². The summed E-state index contributed by atoms with van der Waals surface area (Å²) in [6.07, 6.45) is 0. The smallest absolute Gasteiger partial charge is 0.0638 e. The highest BCUT2D eigenvalue weighted by Gasteiger charge is 2.35. The lowest BCUT2D eigenvalue weighted by Crippen LogP contribution is -2.55. The Kier molecular flexibility index (Phi) is 3.61. The van der Waals surface area contributed by atoms with E-state index in [9.17, 15) is 0 Å². The van der Waals surface area contributed by atoms with Crippen LogP contribution in [0.4, 0.5) is 0 Å². The number of piperazine rings is 1. The van der Waals surface area contributed by atoms with Crippen molar-refractivity contribution in [2.75, 3.05) is 60.5 Å². The third kappa shape index (κ3) is 2.50. The van der Waals surface area contributed by atoms with E-state index in [1.54, 1.807) is 0 Å². The standard InChI is InChI=1S/C11H23N3O/c1-12(2)10-8-15-9-11(10)14-6-4-13(3)5-7-14/h10-11H,4-9H2,1-3H3/t10-,11?/m1/s1. The lowest BCUT2D eigenvalue weighted by Gasteiger charge is -2.39. The van der Waals surface area contributed by atoms with Gasteiger partial charge < -0.3 is 14.5 Å². The fraction of sp³-hybridized carbons (Fsp3) is 1.00. The fourth-order valence-corrected chi connectivity index (χ4v) is 2.53. The molecule has 2 atom stereocenters. The molecule has 4 nitrogen and oxygen atoms in total. The van der Waals surface area contributed by atoms with Crippen LogP contribution in [0.5, 0.6) is 0 Å². The number of ether oxygens (including phenoxy) is 1. The predicted octanol–water partition coefficient (Wildman–Crippen LogP) is -0.437. The van der Waals surface area contributed by atoms with Gasteiger partial charge in [-0.25, -0.2) is 0 Å². The molecule has 0 bridgehead atoms. The molecule has 0 aromatic heterocycles. The maximum Gasteiger partial charge on any atom is 0.0638 e. The van der Waals surface area contributed by atoms with E-state index < -0.39 is 0 Å². The third-order valence-corrected chi connectivity index (χ3v) is 3.69. The number of hydrogen-bond donors (Lipinski definition) is 0. The second-order valence-electron chi connectivity index (χ2n) is 4.98. The third-order valence-electron chi connectivity index (χ3n) is 3.69. The lowest BCUT2D eigenvalue weighted by molar-refractivity contribution is 0.0798. The van der Waals surface area contributed by atoms with E-state index in [-0.39, 0.29) is 0 Å². The molecule has 4 heteroatoms. The fourth-order valence-electron chi connectivity index (χ4n) is 2.53. The molecule has 2 saturated heterocycles. The van der Waals surface area contributed by atoms with Gasteiger partial charge in [-0.15, -0.1) is 0 Å². The largest absolute Gasteiger partial charge is 0.378 e. The van der Waals surface area contributed by atoms with Gasteiger partial charge in [0.2, 0.25) is 0 Å². The van der Waals surface area contributed by atoms with E-state index in [0.717, 1.165) is 13.2 Å². The number of nitrogens with zero attached hydrogens (tertiary/aromatic N) is 3. The Bertz CT molecular complexity index is 202. The highest BCUT2D eigenvalue weighted by molar-refractivity contribution is 4.90. The molecular formula is C11H23N3O. The van der Waals surface area contributed by atoms with E-state index >= 15 is 0 Å². The van der Waals surface area contributed by atoms with Gasteiger partial charge in [-0.1, -0.05) is 0 Å². The average Bonchev–Trinajstić information content (AvgIpc) is 2.67. The van der Waals surface area contributed by atoms with Crippen LogP contribution in [0.1, 0.15) is 0 Å². The van der Waals surface area contributed by atoms with Crippen molar-refractivity contribution >= 4 is 0 Å². The highest BCUT2D eigenvalue weighted by Crippen LogP contribution is 2.18. The van der Waals surface area contributed by atoms with Crippen molar-refractivity contribution in [3.63, 3.8) is 0 Å². The van der Waals surface area contributed by atoms with Gasteiger partial charge in [0.15, 0.2) is 0 Å². The van der Waals surface area contributed by atoms with Crippen LogP contribution in [0.15, 0.2) is 0 Å². The molecule has 0 N–H and O–H groups in total. The minimum atomic E-state index is 0.577. The zero-order valence-electron chi connectivity index (χ0n) is 10.1. The molecule has 0 aromatic rings. The van der Waals surface area contributed by atoms with Crippen molar-refractivity contribution in [3.8, 4) is 0 Å². The monoisotopic (exact) mass is 213 g/mol. The van der Waals surface area contributed by atoms with Gasteiger partial charge in [0.05, 0.1) is 25.3 Å². The van der Waals surface area contributed by atoms with Crippen molar-refractivity contribution in [1.29, 1.82) is 0 Å². The molecule has 0 aromatic carbocycles. The summed E-state index contributed by atoms with van der Waals surface area (Å²) in [5.74, 6) is 0. The van der Waals surface area contributed by atoms with Crippen LogP contribution in [-0.2, 0) is 4.74 Å². The zero-order valence-corrected chi connectivity index (χ0v) is 10.1. The first-order chi connectivity index (χ1) is 7.18. The van der Waals surface area contributed by atoms with Crippen LogP contribution in [0, 0.1) is 0 Å². The highest BCUT2D eigenvalue weighted by atomic mass is 16.5. The molecule has 2 aliphatic rings. The van der Waals surface area contributed by atoms with Gasteiger partial charge in [0, 0.05) is 26.2 Å². The van der Waals surface area contributed by atoms with E-state index in [1.807, 2.05) is 0 Å². The summed E-state index contributed by atoms with van der Waals surface area (Å²) < 4.78 is 5.61. The molecule has 2 aliphatic heterocycles. The summed E-state index contributed by atoms with van der Waals surface area (Å²) in [7, 11) is 6.51. The van der Waals surface area contributed by atoms with Crippen LogP contribution in [0.3, 0.4) is 0 Å². The van der Waals surface area contributed by atoms with Crippen LogP contribution in [-0.4, -0.2) is 87.3 Å². The molecule has 2 fully saturated rings. The van der Waals surface area contributed by atoms with Gasteiger partial charge in [-0.2, -0.15) is 0 Å². The Hall–Kier alpha value is -0.160. The quantitative estimate of drug-likeness (QED) is 0.619. The van der Waals surface area contributed by atoms with Crippen molar-refractivity contribution < 1.29 is 4.74 Å². The summed E-state index contributed by atoms with van der Waals surface area (Å²) in [6, 6.07) is 1.18. The van der Waals surface area contributed by atoms with E-state index in [0.29, 0.717) is 12.1 Å². The summed E-state index contributed by atoms with van der Waals surface area (Å²) in [5, 5.41) is 0. The molecule has 15 heavy (non-hydrogen) atoms. The molecule has 2 heterocycles. The Morgan fingerprint density at radius 1 is 1.07 bits per heavy atom. The van der Waals surface area contributed by atoms with Gasteiger partial charge in [-0.3, -0.25) is 4.90 Å². The van der Waals surface area contributed by atoms with Crippen LogP contribution < -0.4 is 0 Å². The van der Waals surface area contributed by atoms with Crippen molar-refractivity contribution in [3.05, 3.63) is 0 Å². The average molecular weight is 213 g/mol. The molecule has 0 radical (unpaired) electrons. The Morgan fingerprint density at radius 3 is 2.33 bits per heavy atom. The van der Waals surface area contributed by atoms with Gasteiger partial charge in [0.1, 0.15) is 0 Å². The summed E-state index contributed by atoms with van der Waals surface area (Å²) in [5.41, 5.74) is 0. The topological polar surface area (TPSA) is 19.0 Å². The first-order valence-electron chi connectivity index (χ1n) is 5.85. The number of hydrogen-bond acceptors (Lipinski definition) is 4. The second-order valence-corrected chi connectivity index (χ2v) is 4.98. The molecule has 0 spiro atoms. The molecule has 0 amide bonds. The summed E-state index contributed by atoms with van der Waals surface area (Å²) in [4.78, 5) is 7.30. The van der Waals surface area contributed by atoms with E-state index in [4.69, 9.17) is 4.74 Å². The van der Waals surface area contributed by atoms with E-state index in [2.05, 4.69) is 35.8 Å². The molecule has 0 saturated carbocycles. The predicted molar refractivity (Wildman–Crippen MR) is 61.2 cm³/mol. The maximum absolute atomic E-state index is 5.61. The second kappa shape index (κ2) is 4.78. The first kappa shape index (κ1) is 11.3. The molecular weight excluding hydrogens is 190 g/mol. The van der Waals surface area contributed by atoms with E-state index in [1.165, 1.54) is 26.2 Å². The SMILES string of the molecule is CN1CCN(C2COC[C@H]2N(C)C)CC1.